The van der Waals surface area contributed by atoms with Crippen molar-refractivity contribution in [2.45, 2.75) is 186 Å². The Morgan fingerprint density at radius 1 is 0.379 bits per heavy atom. The molecule has 116 heavy (non-hydrogen) atoms. The molecule has 6 aromatic carbocycles. The van der Waals surface area contributed by atoms with Crippen molar-refractivity contribution in [3.63, 3.8) is 0 Å². The Labute approximate surface area is 696 Å². The van der Waals surface area contributed by atoms with Gasteiger partial charge in [-0.1, -0.05) is 215 Å². The third-order valence-corrected chi connectivity index (χ3v) is 23.5. The van der Waals surface area contributed by atoms with Crippen molar-refractivity contribution in [2.24, 2.45) is 35.5 Å². The van der Waals surface area contributed by atoms with Crippen LogP contribution in [-0.4, -0.2) is 223 Å². The minimum atomic E-state index is -4.70. The van der Waals surface area contributed by atoms with Crippen LogP contribution in [0, 0.1) is 35.5 Å². The number of halogens is 3. The van der Waals surface area contributed by atoms with E-state index < -0.39 is 27.6 Å². The van der Waals surface area contributed by atoms with Gasteiger partial charge in [-0.15, -0.1) is 0 Å². The van der Waals surface area contributed by atoms with E-state index in [0.29, 0.717) is 55.1 Å². The van der Waals surface area contributed by atoms with Crippen LogP contribution in [-0.2, 0) is 84.4 Å². The van der Waals surface area contributed by atoms with Crippen molar-refractivity contribution >= 4 is 27.9 Å². The van der Waals surface area contributed by atoms with E-state index in [-0.39, 0.29) is 25.1 Å². The number of rotatable bonds is 25. The van der Waals surface area contributed by atoms with Crippen molar-refractivity contribution in [3.05, 3.63) is 225 Å². The first-order chi connectivity index (χ1) is 55.0. The highest BCUT2D eigenvalue weighted by Crippen LogP contribution is 2.32. The van der Waals surface area contributed by atoms with Gasteiger partial charge in [-0.05, 0) is 170 Å². The summed E-state index contributed by atoms with van der Waals surface area (Å²) in [5.41, 5.74) is 15.2. The molecule has 0 radical (unpaired) electrons. The Balaban J connectivity index is 0.000000182. The molecule has 1 saturated carbocycles. The fourth-order valence-corrected chi connectivity index (χ4v) is 16.6. The molecule has 0 spiro atoms. The van der Waals surface area contributed by atoms with E-state index in [9.17, 15) is 36.0 Å². The first-order valence-electron chi connectivity index (χ1n) is 43.1. The number of allylic oxidation sites excluding steroid dienone is 1. The van der Waals surface area contributed by atoms with Gasteiger partial charge in [0, 0.05) is 181 Å². The number of hydrogen-bond acceptors (Lipinski definition) is 12. The van der Waals surface area contributed by atoms with Crippen molar-refractivity contribution in [1.29, 1.82) is 0 Å². The maximum Gasteiger partial charge on any atom is 0.410 e. The zero-order valence-electron chi connectivity index (χ0n) is 72.9. The fourth-order valence-electron chi connectivity index (χ4n) is 15.3. The Morgan fingerprint density at radius 3 is 0.897 bits per heavy atom. The second kappa shape index (κ2) is 46.2. The normalized spacial score (nSPS) is 17.3. The van der Waals surface area contributed by atoms with Crippen LogP contribution in [0.4, 0.5) is 18.0 Å². The topological polar surface area (TPSA) is 127 Å². The smallest absolute Gasteiger partial charge is 0.410 e. The molecular formula is C96H141F3N10O6S. The van der Waals surface area contributed by atoms with Gasteiger partial charge in [0.25, 0.3) is 5.91 Å². The molecule has 3 amide bonds. The molecule has 0 bridgehead atoms. The molecule has 16 nitrogen and oxygen atoms in total. The molecule has 5 saturated heterocycles. The average molecular weight is 1620 g/mol. The van der Waals surface area contributed by atoms with Crippen molar-refractivity contribution in [1.82, 2.24) is 48.4 Å². The first-order valence-corrected chi connectivity index (χ1v) is 44.7. The highest BCUT2D eigenvalue weighted by atomic mass is 32.2. The number of nitrogens with zero attached hydrogens (tertiary/aromatic N) is 10. The van der Waals surface area contributed by atoms with Crippen LogP contribution >= 0.6 is 0 Å². The van der Waals surface area contributed by atoms with E-state index in [1.807, 2.05) is 60.9 Å². The van der Waals surface area contributed by atoms with Crippen molar-refractivity contribution in [2.75, 3.05) is 137 Å². The summed E-state index contributed by atoms with van der Waals surface area (Å²) < 4.78 is 67.0. The standard InChI is InChI=1S/C22H28N2O.C20H32N2O2.C19H28N2O.C18H28N2.C17H25F3N2O2S/c1-18(2)16-19-8-10-20(11-9-19)17-23-12-14-24(15-13-23)22(25)21-6-4-3-5-7-21;1-16(2)14-17-6-8-18(9-7-17)15-21-10-12-22(13-11-21)19(23)24-20(3,4)5;1-15(2)13-16-3-5-17(6-4-16)14-20-9-11-21(12-10-20)19(22)18-7-8-18;1-15(2)13-17-5-7-18(8-6-17)14-19-9-11-20(12-10-19)16(3)4;1-14(2)11-15-3-5-16(6-4-15)12-21-7-9-22(10-8-21)25(23,24)13-17(18,19)20/h3-11,18H,12-17H2,1-2H3;6-9,16H,10-15H2,1-5H3;3-6,15,18H,7-14H2,1-2H3;5-8,15H,3,9-14H2,1-2,4H3;3-6,14H,7-13H2,1-2H3. The second-order valence-corrected chi connectivity index (χ2v) is 38.1. The molecule has 5 heterocycles. The second-order valence-electron chi connectivity index (χ2n) is 36.2. The maximum atomic E-state index is 12.5. The van der Waals surface area contributed by atoms with Crippen molar-refractivity contribution < 1.29 is 40.7 Å². The maximum absolute atomic E-state index is 12.5. The van der Waals surface area contributed by atoms with E-state index in [1.165, 1.54) is 62.2 Å². The molecule has 20 heteroatoms. The molecule has 1 aliphatic carbocycles. The number of piperazine rings is 5. The van der Waals surface area contributed by atoms with Crippen LogP contribution in [0.1, 0.15) is 176 Å². The van der Waals surface area contributed by atoms with Crippen LogP contribution in [0.3, 0.4) is 0 Å². The van der Waals surface area contributed by atoms with Gasteiger partial charge in [0.2, 0.25) is 15.9 Å². The SMILES string of the molecule is C=C(C)N1CCN(Cc2ccc(CC(C)C)cc2)CC1.CC(C)Cc1ccc(CN2CCN(C(=O)C3CC3)CC2)cc1.CC(C)Cc1ccc(CN2CCN(C(=O)OC(C)(C)C)CC2)cc1.CC(C)Cc1ccc(CN2CCN(C(=O)c3ccccc3)CC2)cc1.CC(C)Cc1ccc(CN2CCN(S(=O)(=O)CC(F)(F)F)CC2)cc1. The third-order valence-electron chi connectivity index (χ3n) is 21.7. The minimum Gasteiger partial charge on any atom is -0.444 e. The number of amides is 3. The molecule has 6 fully saturated rings. The van der Waals surface area contributed by atoms with Crippen LogP contribution in [0.2, 0.25) is 0 Å². The summed E-state index contributed by atoms with van der Waals surface area (Å²) >= 11 is 0. The summed E-state index contributed by atoms with van der Waals surface area (Å²) in [7, 11) is -4.27. The molecule has 0 unspecified atom stereocenters. The minimum absolute atomic E-state index is 0.101. The number of sulfonamides is 1. The molecule has 0 aromatic heterocycles. The number of hydrogen-bond donors (Lipinski definition) is 0. The first kappa shape index (κ1) is 94.1. The Hall–Kier alpha value is -7.43. The molecule has 0 atom stereocenters. The Bertz CT molecular complexity index is 3980. The summed E-state index contributed by atoms with van der Waals surface area (Å²) in [5, 5.41) is 0. The van der Waals surface area contributed by atoms with E-state index >= 15 is 0 Å². The number of carbonyl (C=O) groups excluding carboxylic acids is 3. The monoisotopic (exact) mass is 1620 g/mol. The van der Waals surface area contributed by atoms with Gasteiger partial charge in [0.15, 0.2) is 5.75 Å². The Kier molecular flexibility index (Phi) is 37.5. The lowest BCUT2D eigenvalue weighted by Crippen LogP contribution is -2.50. The quantitative estimate of drug-likeness (QED) is 0.0541. The number of alkyl halides is 3. The summed E-state index contributed by atoms with van der Waals surface area (Å²) in [4.78, 5) is 56.8. The molecule has 12 rings (SSSR count). The summed E-state index contributed by atoms with van der Waals surface area (Å²) in [5.74, 6) is 2.56. The number of ether oxygens (including phenoxy) is 1. The van der Waals surface area contributed by atoms with Gasteiger partial charge in [-0.25, -0.2) is 13.2 Å². The summed E-state index contributed by atoms with van der Waals surface area (Å²) in [6, 6.07) is 54.1. The van der Waals surface area contributed by atoms with Gasteiger partial charge in [0.1, 0.15) is 5.60 Å². The molecule has 5 aliphatic heterocycles. The highest BCUT2D eigenvalue weighted by molar-refractivity contribution is 7.89. The molecule has 0 N–H and O–H groups in total. The number of benzene rings is 6. The van der Waals surface area contributed by atoms with Gasteiger partial charge in [-0.3, -0.25) is 34.1 Å². The molecule has 638 valence electrons. The van der Waals surface area contributed by atoms with Crippen LogP contribution in [0.25, 0.3) is 0 Å². The van der Waals surface area contributed by atoms with Crippen LogP contribution in [0.5, 0.6) is 0 Å². The van der Waals surface area contributed by atoms with Gasteiger partial charge in [0.05, 0.1) is 0 Å². The summed E-state index contributed by atoms with van der Waals surface area (Å²) in [6.07, 6.45) is 2.96. The van der Waals surface area contributed by atoms with E-state index in [0.717, 1.165) is 191 Å². The largest absolute Gasteiger partial charge is 0.444 e. The van der Waals surface area contributed by atoms with Crippen LogP contribution in [0.15, 0.2) is 164 Å². The highest BCUT2D eigenvalue weighted by Gasteiger charge is 2.40. The average Bonchev–Trinajstić information content (AvgIpc) is 1.19. The predicted molar refractivity (Wildman–Crippen MR) is 469 cm³/mol. The Morgan fingerprint density at radius 2 is 0.638 bits per heavy atom. The van der Waals surface area contributed by atoms with E-state index in [1.54, 1.807) is 0 Å². The lowest BCUT2D eigenvalue weighted by molar-refractivity contribution is -0.134. The summed E-state index contributed by atoms with van der Waals surface area (Å²) in [6.45, 7) is 55.1. The lowest BCUT2D eigenvalue weighted by atomic mass is 10.0. The van der Waals surface area contributed by atoms with Gasteiger partial charge >= 0.3 is 12.3 Å². The van der Waals surface area contributed by atoms with Crippen molar-refractivity contribution in [3.8, 4) is 0 Å². The van der Waals surface area contributed by atoms with Crippen LogP contribution < -0.4 is 0 Å². The molecular weight excluding hydrogens is 1480 g/mol. The fraction of sp³-hybridized carbons (Fsp3) is 0.573. The number of carbonyl (C=O) groups is 3. The lowest BCUT2D eigenvalue weighted by Gasteiger charge is -2.36. The van der Waals surface area contributed by atoms with E-state index in [2.05, 4.69) is 238 Å². The predicted octanol–water partition coefficient (Wildman–Crippen LogP) is 17.2. The zero-order chi connectivity index (χ0) is 84.1. The third kappa shape index (κ3) is 34.9. The van der Waals surface area contributed by atoms with E-state index in [4.69, 9.17) is 4.74 Å². The molecule has 6 aliphatic rings. The zero-order valence-corrected chi connectivity index (χ0v) is 73.7. The van der Waals surface area contributed by atoms with Gasteiger partial charge < -0.3 is 24.3 Å². The molecule has 6 aromatic rings. The van der Waals surface area contributed by atoms with Gasteiger partial charge in [-0.2, -0.15) is 17.5 Å².